The number of rotatable bonds is 5. The number of carbonyl (C=O) groups is 2. The van der Waals surface area contributed by atoms with Crippen LogP contribution in [0.15, 0.2) is 73.1 Å². The van der Waals surface area contributed by atoms with Crippen molar-refractivity contribution in [3.05, 3.63) is 95.6 Å². The van der Waals surface area contributed by atoms with Crippen LogP contribution in [0, 0.1) is 0 Å². The van der Waals surface area contributed by atoms with E-state index in [1.165, 1.54) is 4.43 Å². The Bertz CT molecular complexity index is 998. The SMILES string of the molecule is CC.CC.CC.CC.CCI.II.NCC(O)c1ccccn1.O=C1c2ccccc2C(=O)N1CC(O)c1ccccn1. The highest BCUT2D eigenvalue weighted by molar-refractivity contribution is 15.0. The first-order valence-electron chi connectivity index (χ1n) is 14.5. The number of carbonyl (C=O) groups excluding carboxylic acids is 2. The molecule has 0 bridgehead atoms. The van der Waals surface area contributed by atoms with Crippen molar-refractivity contribution >= 4 is 71.6 Å². The lowest BCUT2D eigenvalue weighted by atomic mass is 10.1. The number of amides is 2. The second-order valence-electron chi connectivity index (χ2n) is 6.81. The lowest BCUT2D eigenvalue weighted by molar-refractivity contribution is 0.0538. The number of nitrogens with two attached hydrogens (primary N) is 1. The van der Waals surface area contributed by atoms with Gasteiger partial charge in [-0.2, -0.15) is 0 Å². The van der Waals surface area contributed by atoms with E-state index in [-0.39, 0.29) is 24.9 Å². The van der Waals surface area contributed by atoms with Gasteiger partial charge in [0.05, 0.1) is 29.1 Å². The molecule has 0 aliphatic carbocycles. The van der Waals surface area contributed by atoms with Crippen LogP contribution in [0.5, 0.6) is 0 Å². The maximum absolute atomic E-state index is 12.1. The molecule has 0 spiro atoms. The van der Waals surface area contributed by atoms with E-state index >= 15 is 0 Å². The lowest BCUT2D eigenvalue weighted by Crippen LogP contribution is -2.34. The lowest BCUT2D eigenvalue weighted by Gasteiger charge is -2.17. The van der Waals surface area contributed by atoms with E-state index in [0.29, 0.717) is 22.5 Å². The van der Waals surface area contributed by atoms with Crippen molar-refractivity contribution in [1.82, 2.24) is 14.9 Å². The molecular formula is C32H51I3N4O4. The molecule has 1 aliphatic heterocycles. The standard InChI is InChI=1S/C15H12N2O3.C7H10N2O.C2H5I.4C2H6.I2/c18-13(12-7-3-4-8-16-12)9-17-14(19)10-5-1-2-6-11(10)15(17)20;8-5-7(10)6-3-1-2-4-9-6;1-2-3;5*1-2/h1-8,13,18H,9H2;1-4,7,10H,5,8H2;2H2,1H3;4*1-2H3;. The third-order valence-electron chi connectivity index (χ3n) is 4.52. The summed E-state index contributed by atoms with van der Waals surface area (Å²) in [7, 11) is 0. The molecule has 244 valence electrons. The minimum atomic E-state index is -0.988. The molecule has 3 heterocycles. The van der Waals surface area contributed by atoms with Crippen LogP contribution in [0.3, 0.4) is 0 Å². The number of halogens is 3. The number of nitrogens with zero attached hydrogens (tertiary/aromatic N) is 3. The van der Waals surface area contributed by atoms with Crippen molar-refractivity contribution < 1.29 is 19.8 Å². The Morgan fingerprint density at radius 2 is 1.02 bits per heavy atom. The van der Waals surface area contributed by atoms with Gasteiger partial charge in [0.15, 0.2) is 0 Å². The van der Waals surface area contributed by atoms with E-state index in [9.17, 15) is 14.7 Å². The highest BCUT2D eigenvalue weighted by Crippen LogP contribution is 2.24. The summed E-state index contributed by atoms with van der Waals surface area (Å²) >= 11 is 6.53. The number of imide groups is 1. The number of hydrogen-bond acceptors (Lipinski definition) is 7. The second kappa shape index (κ2) is 35.2. The quantitative estimate of drug-likeness (QED) is 0.133. The molecule has 43 heavy (non-hydrogen) atoms. The molecule has 0 fully saturated rings. The Kier molecular flexibility index (Phi) is 39.8. The smallest absolute Gasteiger partial charge is 0.261 e. The van der Waals surface area contributed by atoms with Crippen molar-refractivity contribution in [3.8, 4) is 0 Å². The van der Waals surface area contributed by atoms with Crippen LogP contribution < -0.4 is 5.73 Å². The van der Waals surface area contributed by atoms with Crippen molar-refractivity contribution in [2.75, 3.05) is 17.5 Å². The van der Waals surface area contributed by atoms with Gasteiger partial charge in [0.25, 0.3) is 11.8 Å². The van der Waals surface area contributed by atoms with Crippen LogP contribution in [0.25, 0.3) is 0 Å². The fourth-order valence-corrected chi connectivity index (χ4v) is 2.94. The first kappa shape index (κ1) is 48.6. The van der Waals surface area contributed by atoms with Crippen LogP contribution >= 0.6 is 59.8 Å². The predicted octanol–water partition coefficient (Wildman–Crippen LogP) is 8.80. The van der Waals surface area contributed by atoms with E-state index in [4.69, 9.17) is 10.8 Å². The summed E-state index contributed by atoms with van der Waals surface area (Å²) < 4.78 is 1.22. The fourth-order valence-electron chi connectivity index (χ4n) is 2.94. The fraction of sp³-hybridized carbons (Fsp3) is 0.438. The average molecular weight is 936 g/mol. The number of hydrogen-bond donors (Lipinski definition) is 3. The monoisotopic (exact) mass is 936 g/mol. The van der Waals surface area contributed by atoms with Crippen molar-refractivity contribution in [1.29, 1.82) is 0 Å². The Hall–Kier alpha value is -1.27. The topological polar surface area (TPSA) is 130 Å². The number of β-amino-alcohol motifs (C(OH)–C–C–N with tert-alkyl or cyclic N) is 1. The molecule has 2 amide bonds. The zero-order valence-electron chi connectivity index (χ0n) is 27.0. The van der Waals surface area contributed by atoms with Gasteiger partial charge >= 0.3 is 0 Å². The van der Waals surface area contributed by atoms with Crippen LogP contribution in [0.1, 0.15) is 107 Å². The molecule has 4 N–H and O–H groups in total. The summed E-state index contributed by atoms with van der Waals surface area (Å²) in [5, 5.41) is 19.2. The Labute approximate surface area is 297 Å². The van der Waals surface area contributed by atoms with E-state index < -0.39 is 12.2 Å². The van der Waals surface area contributed by atoms with Gasteiger partial charge in [-0.1, -0.05) is 109 Å². The number of aliphatic hydroxyl groups is 2. The highest BCUT2D eigenvalue weighted by atomic mass is 128. The molecule has 11 heteroatoms. The highest BCUT2D eigenvalue weighted by Gasteiger charge is 2.36. The number of pyridine rings is 2. The summed E-state index contributed by atoms with van der Waals surface area (Å²) in [5.41, 5.74) is 7.04. The molecule has 0 saturated carbocycles. The Balaban J connectivity index is -0.000000279. The number of benzene rings is 1. The first-order chi connectivity index (χ1) is 20.9. The predicted molar refractivity (Wildman–Crippen MR) is 207 cm³/mol. The number of aromatic nitrogens is 2. The number of fused-ring (bicyclic) bond motifs is 1. The zero-order chi connectivity index (χ0) is 34.2. The molecule has 4 rings (SSSR count). The number of alkyl halides is 1. The summed E-state index contributed by atoms with van der Waals surface area (Å²) in [4.78, 5) is 33.3. The normalized spacial score (nSPS) is 11.3. The molecule has 2 unspecified atom stereocenters. The Morgan fingerprint density at radius 3 is 1.33 bits per heavy atom. The average Bonchev–Trinajstić information content (AvgIpc) is 3.35. The molecule has 2 aromatic heterocycles. The Morgan fingerprint density at radius 1 is 0.698 bits per heavy atom. The van der Waals surface area contributed by atoms with Gasteiger partial charge in [0, 0.05) is 56.2 Å². The van der Waals surface area contributed by atoms with Gasteiger partial charge in [-0.05, 0) is 40.8 Å². The molecule has 3 aromatic rings. The van der Waals surface area contributed by atoms with E-state index in [1.54, 1.807) is 67.0 Å². The molecule has 1 aliphatic rings. The van der Waals surface area contributed by atoms with E-state index in [2.05, 4.69) is 76.7 Å². The van der Waals surface area contributed by atoms with E-state index in [0.717, 1.165) is 4.90 Å². The molecule has 1 aromatic carbocycles. The molecule has 2 atom stereocenters. The summed E-state index contributed by atoms with van der Waals surface area (Å²) in [6, 6.07) is 17.2. The third kappa shape index (κ3) is 19.7. The van der Waals surface area contributed by atoms with Gasteiger partial charge < -0.3 is 15.9 Å². The maximum atomic E-state index is 12.1. The van der Waals surface area contributed by atoms with E-state index in [1.807, 2.05) is 61.5 Å². The van der Waals surface area contributed by atoms with Gasteiger partial charge in [0.2, 0.25) is 0 Å². The van der Waals surface area contributed by atoms with Gasteiger partial charge in [-0.15, -0.1) is 0 Å². The number of aliphatic hydroxyl groups excluding tert-OH is 2. The first-order valence-corrected chi connectivity index (χ1v) is 22.3. The van der Waals surface area contributed by atoms with Crippen molar-refractivity contribution in [3.63, 3.8) is 0 Å². The van der Waals surface area contributed by atoms with Crippen molar-refractivity contribution in [2.24, 2.45) is 5.73 Å². The van der Waals surface area contributed by atoms with Gasteiger partial charge in [-0.3, -0.25) is 24.5 Å². The minimum Gasteiger partial charge on any atom is -0.385 e. The van der Waals surface area contributed by atoms with Crippen LogP contribution in [-0.2, 0) is 0 Å². The summed E-state index contributed by atoms with van der Waals surface area (Å²) in [6.45, 7) is 18.2. The maximum Gasteiger partial charge on any atom is 0.261 e. The third-order valence-corrected chi connectivity index (χ3v) is 4.52. The minimum absolute atomic E-state index is 0.0939. The molecule has 0 radical (unpaired) electrons. The molecular weight excluding hydrogens is 885 g/mol. The summed E-state index contributed by atoms with van der Waals surface area (Å²) in [6.07, 6.45) is 1.58. The molecule has 8 nitrogen and oxygen atoms in total. The summed E-state index contributed by atoms with van der Waals surface area (Å²) in [5.74, 6) is -0.749. The van der Waals surface area contributed by atoms with Crippen molar-refractivity contribution in [2.45, 2.75) is 74.5 Å². The molecule has 0 saturated heterocycles. The van der Waals surface area contributed by atoms with Gasteiger partial charge in [-0.25, -0.2) is 0 Å². The van der Waals surface area contributed by atoms with Crippen LogP contribution in [0.2, 0.25) is 0 Å². The largest absolute Gasteiger partial charge is 0.385 e. The second-order valence-corrected chi connectivity index (χ2v) is 8.34. The zero-order valence-corrected chi connectivity index (χ0v) is 33.4. The van der Waals surface area contributed by atoms with Gasteiger partial charge in [0.1, 0.15) is 12.2 Å². The van der Waals surface area contributed by atoms with Crippen LogP contribution in [-0.4, -0.2) is 54.4 Å². The van der Waals surface area contributed by atoms with Crippen LogP contribution in [0.4, 0.5) is 0 Å².